The van der Waals surface area contributed by atoms with Gasteiger partial charge in [-0.15, -0.1) is 0 Å². The molecule has 0 bridgehead atoms. The third-order valence-electron chi connectivity index (χ3n) is 4.28. The van der Waals surface area contributed by atoms with E-state index in [0.29, 0.717) is 0 Å². The average molecular weight is 292 g/mol. The van der Waals surface area contributed by atoms with Crippen LogP contribution in [0.15, 0.2) is 6.07 Å². The fourth-order valence-corrected chi connectivity index (χ4v) is 3.05. The van der Waals surface area contributed by atoms with E-state index in [0.717, 1.165) is 69.2 Å². The van der Waals surface area contributed by atoms with Crippen molar-refractivity contribution in [3.05, 3.63) is 23.0 Å². The average Bonchev–Trinajstić information content (AvgIpc) is 2.79. The lowest BCUT2D eigenvalue weighted by atomic mass is 10.2. The molecule has 1 aliphatic heterocycles. The SMILES string of the molecule is CCn1c(C)cc(C(=O)NCCCN2CCNCC2)c1C. The predicted molar refractivity (Wildman–Crippen MR) is 85.8 cm³/mol. The second-order valence-corrected chi connectivity index (χ2v) is 5.73. The lowest BCUT2D eigenvalue weighted by Crippen LogP contribution is -2.44. The van der Waals surface area contributed by atoms with Crippen molar-refractivity contribution in [2.45, 2.75) is 33.7 Å². The van der Waals surface area contributed by atoms with E-state index in [9.17, 15) is 4.79 Å². The number of piperazine rings is 1. The lowest BCUT2D eigenvalue weighted by Gasteiger charge is -2.27. The Hall–Kier alpha value is -1.33. The summed E-state index contributed by atoms with van der Waals surface area (Å²) in [7, 11) is 0. The van der Waals surface area contributed by atoms with Crippen molar-refractivity contribution in [2.75, 3.05) is 39.3 Å². The van der Waals surface area contributed by atoms with Crippen LogP contribution < -0.4 is 10.6 Å². The summed E-state index contributed by atoms with van der Waals surface area (Å²) in [6.45, 7) is 13.3. The quantitative estimate of drug-likeness (QED) is 0.773. The first-order chi connectivity index (χ1) is 10.1. The number of nitrogens with one attached hydrogen (secondary N) is 2. The molecule has 5 heteroatoms. The molecule has 0 radical (unpaired) electrons. The van der Waals surface area contributed by atoms with Crippen molar-refractivity contribution in [3.8, 4) is 0 Å². The van der Waals surface area contributed by atoms with Gasteiger partial charge in [0.25, 0.3) is 5.91 Å². The molecular formula is C16H28N4O. The summed E-state index contributed by atoms with van der Waals surface area (Å²) in [5.74, 6) is 0.0584. The molecule has 1 amide bonds. The van der Waals surface area contributed by atoms with E-state index < -0.39 is 0 Å². The van der Waals surface area contributed by atoms with E-state index in [-0.39, 0.29) is 5.91 Å². The van der Waals surface area contributed by atoms with Gasteiger partial charge in [0, 0.05) is 50.7 Å². The summed E-state index contributed by atoms with van der Waals surface area (Å²) in [5.41, 5.74) is 3.03. The molecule has 21 heavy (non-hydrogen) atoms. The molecule has 2 heterocycles. The Kier molecular flexibility index (Phi) is 5.82. The van der Waals surface area contributed by atoms with Gasteiger partial charge < -0.3 is 20.1 Å². The number of carbonyl (C=O) groups is 1. The fourth-order valence-electron chi connectivity index (χ4n) is 3.05. The van der Waals surface area contributed by atoms with Gasteiger partial charge in [-0.3, -0.25) is 4.79 Å². The molecule has 2 N–H and O–H groups in total. The Morgan fingerprint density at radius 3 is 2.67 bits per heavy atom. The topological polar surface area (TPSA) is 49.3 Å². The van der Waals surface area contributed by atoms with Crippen LogP contribution in [-0.4, -0.2) is 54.6 Å². The molecule has 0 atom stereocenters. The molecule has 0 spiro atoms. The van der Waals surface area contributed by atoms with Crippen molar-refractivity contribution in [1.29, 1.82) is 0 Å². The van der Waals surface area contributed by atoms with Crippen LogP contribution in [-0.2, 0) is 6.54 Å². The molecule has 2 rings (SSSR count). The lowest BCUT2D eigenvalue weighted by molar-refractivity contribution is 0.0950. The zero-order valence-electron chi connectivity index (χ0n) is 13.5. The minimum Gasteiger partial charge on any atom is -0.352 e. The summed E-state index contributed by atoms with van der Waals surface area (Å²) in [4.78, 5) is 14.7. The molecule has 0 saturated carbocycles. The van der Waals surface area contributed by atoms with E-state index >= 15 is 0 Å². The predicted octanol–water partition coefficient (Wildman–Crippen LogP) is 1.15. The van der Waals surface area contributed by atoms with E-state index in [2.05, 4.69) is 33.9 Å². The molecule has 0 aromatic carbocycles. The van der Waals surface area contributed by atoms with Crippen LogP contribution in [0.25, 0.3) is 0 Å². The van der Waals surface area contributed by atoms with E-state index in [1.54, 1.807) is 0 Å². The number of aryl methyl sites for hydroxylation is 1. The summed E-state index contributed by atoms with van der Waals surface area (Å²) < 4.78 is 2.18. The van der Waals surface area contributed by atoms with Crippen LogP contribution in [0.5, 0.6) is 0 Å². The molecular weight excluding hydrogens is 264 g/mol. The van der Waals surface area contributed by atoms with Crippen LogP contribution in [0.3, 0.4) is 0 Å². The van der Waals surface area contributed by atoms with E-state index in [1.807, 2.05) is 13.0 Å². The van der Waals surface area contributed by atoms with Gasteiger partial charge in [-0.05, 0) is 39.8 Å². The second kappa shape index (κ2) is 7.61. The van der Waals surface area contributed by atoms with Gasteiger partial charge in [0.15, 0.2) is 0 Å². The zero-order chi connectivity index (χ0) is 15.2. The molecule has 0 unspecified atom stereocenters. The van der Waals surface area contributed by atoms with Crippen molar-refractivity contribution in [1.82, 2.24) is 20.1 Å². The van der Waals surface area contributed by atoms with Crippen molar-refractivity contribution < 1.29 is 4.79 Å². The summed E-state index contributed by atoms with van der Waals surface area (Å²) in [6, 6.07) is 1.99. The van der Waals surface area contributed by atoms with Gasteiger partial charge in [0.05, 0.1) is 5.56 Å². The van der Waals surface area contributed by atoms with Gasteiger partial charge in [0.1, 0.15) is 0 Å². The Balaban J connectivity index is 1.76. The standard InChI is InChI=1S/C16H28N4O/c1-4-20-13(2)12-15(14(20)3)16(21)18-6-5-9-19-10-7-17-8-11-19/h12,17H,4-11H2,1-3H3,(H,18,21). The minimum absolute atomic E-state index is 0.0584. The molecule has 1 fully saturated rings. The number of hydrogen-bond donors (Lipinski definition) is 2. The third kappa shape index (κ3) is 4.08. The van der Waals surface area contributed by atoms with Crippen molar-refractivity contribution in [3.63, 3.8) is 0 Å². The highest BCUT2D eigenvalue weighted by Crippen LogP contribution is 2.14. The Bertz CT molecular complexity index is 475. The molecule has 1 aliphatic rings. The fraction of sp³-hybridized carbons (Fsp3) is 0.688. The number of nitrogens with zero attached hydrogens (tertiary/aromatic N) is 2. The first-order valence-corrected chi connectivity index (χ1v) is 8.01. The zero-order valence-corrected chi connectivity index (χ0v) is 13.5. The van der Waals surface area contributed by atoms with Crippen LogP contribution in [0.1, 0.15) is 35.1 Å². The number of hydrogen-bond acceptors (Lipinski definition) is 3. The number of carbonyl (C=O) groups excluding carboxylic acids is 1. The molecule has 0 aliphatic carbocycles. The van der Waals surface area contributed by atoms with Gasteiger partial charge in [-0.2, -0.15) is 0 Å². The van der Waals surface area contributed by atoms with Crippen LogP contribution >= 0.6 is 0 Å². The van der Waals surface area contributed by atoms with Gasteiger partial charge >= 0.3 is 0 Å². The second-order valence-electron chi connectivity index (χ2n) is 5.73. The molecule has 1 saturated heterocycles. The van der Waals surface area contributed by atoms with Crippen molar-refractivity contribution in [2.24, 2.45) is 0 Å². The maximum atomic E-state index is 12.3. The number of aromatic nitrogens is 1. The van der Waals surface area contributed by atoms with Gasteiger partial charge in [0.2, 0.25) is 0 Å². The molecule has 1 aromatic heterocycles. The normalized spacial score (nSPS) is 16.1. The summed E-state index contributed by atoms with van der Waals surface area (Å²) in [6.07, 6.45) is 1.01. The largest absolute Gasteiger partial charge is 0.352 e. The molecule has 5 nitrogen and oxygen atoms in total. The first-order valence-electron chi connectivity index (χ1n) is 8.01. The first kappa shape index (κ1) is 16.0. The van der Waals surface area contributed by atoms with Gasteiger partial charge in [-0.25, -0.2) is 0 Å². The Labute approximate surface area is 127 Å². The summed E-state index contributed by atoms with van der Waals surface area (Å²) >= 11 is 0. The number of amides is 1. The van der Waals surface area contributed by atoms with Crippen LogP contribution in [0, 0.1) is 13.8 Å². The molecule has 1 aromatic rings. The minimum atomic E-state index is 0.0584. The smallest absolute Gasteiger partial charge is 0.253 e. The van der Waals surface area contributed by atoms with Crippen molar-refractivity contribution >= 4 is 5.91 Å². The highest BCUT2D eigenvalue weighted by Gasteiger charge is 2.14. The van der Waals surface area contributed by atoms with Crippen LogP contribution in [0.4, 0.5) is 0 Å². The Morgan fingerprint density at radius 2 is 2.05 bits per heavy atom. The highest BCUT2D eigenvalue weighted by molar-refractivity contribution is 5.95. The third-order valence-corrected chi connectivity index (χ3v) is 4.28. The monoisotopic (exact) mass is 292 g/mol. The van der Waals surface area contributed by atoms with Crippen LogP contribution in [0.2, 0.25) is 0 Å². The Morgan fingerprint density at radius 1 is 1.33 bits per heavy atom. The highest BCUT2D eigenvalue weighted by atomic mass is 16.1. The van der Waals surface area contributed by atoms with E-state index in [4.69, 9.17) is 0 Å². The number of rotatable bonds is 6. The molecule has 118 valence electrons. The maximum Gasteiger partial charge on any atom is 0.253 e. The maximum absolute atomic E-state index is 12.3. The van der Waals surface area contributed by atoms with E-state index in [1.165, 1.54) is 0 Å². The summed E-state index contributed by atoms with van der Waals surface area (Å²) in [5, 5.41) is 6.40. The van der Waals surface area contributed by atoms with Gasteiger partial charge in [-0.1, -0.05) is 0 Å².